The molecule has 2 atom stereocenters. The van der Waals surface area contributed by atoms with Crippen LogP contribution in [0.5, 0.6) is 5.75 Å². The van der Waals surface area contributed by atoms with Crippen LogP contribution in [0.4, 0.5) is 0 Å². The Morgan fingerprint density at radius 2 is 1.64 bits per heavy atom. The van der Waals surface area contributed by atoms with Gasteiger partial charge in [0.2, 0.25) is 0 Å². The number of ether oxygens (including phenoxy) is 1. The van der Waals surface area contributed by atoms with Crippen LogP contribution in [0, 0.1) is 6.92 Å². The summed E-state index contributed by atoms with van der Waals surface area (Å²) in [4.78, 5) is 12.8. The minimum Gasteiger partial charge on any atom is -0.485 e. The fourth-order valence-electron chi connectivity index (χ4n) is 3.91. The predicted octanol–water partition coefficient (Wildman–Crippen LogP) is 7.69. The van der Waals surface area contributed by atoms with Gasteiger partial charge < -0.3 is 14.5 Å². The van der Waals surface area contributed by atoms with Crippen LogP contribution < -0.4 is 10.1 Å². The third-order valence-corrected chi connectivity index (χ3v) is 6.28. The van der Waals surface area contributed by atoms with Gasteiger partial charge in [0.1, 0.15) is 18.1 Å². The summed E-state index contributed by atoms with van der Waals surface area (Å²) in [5, 5.41) is 3.11. The molecule has 3 aromatic rings. The van der Waals surface area contributed by atoms with E-state index in [0.717, 1.165) is 35.3 Å². The molecule has 1 amide bonds. The normalized spacial score (nSPS) is 13.1. The maximum Gasteiger partial charge on any atom is 0.287 e. The maximum absolute atomic E-state index is 12.8. The van der Waals surface area contributed by atoms with Crippen molar-refractivity contribution >= 4 is 5.91 Å². The first-order chi connectivity index (χ1) is 15.8. The van der Waals surface area contributed by atoms with Crippen molar-refractivity contribution in [3.05, 3.63) is 88.4 Å². The molecule has 176 valence electrons. The first kappa shape index (κ1) is 24.6. The van der Waals surface area contributed by atoms with Crippen LogP contribution in [-0.2, 0) is 6.61 Å². The monoisotopic (exact) mass is 447 g/mol. The van der Waals surface area contributed by atoms with Gasteiger partial charge in [-0.05, 0) is 72.1 Å². The lowest BCUT2D eigenvalue weighted by Gasteiger charge is -2.18. The number of carbonyl (C=O) groups excluding carboxylic acids is 1. The quantitative estimate of drug-likeness (QED) is 0.347. The van der Waals surface area contributed by atoms with Gasteiger partial charge in [0, 0.05) is 0 Å². The Morgan fingerprint density at radius 3 is 2.27 bits per heavy atom. The number of benzene rings is 2. The van der Waals surface area contributed by atoms with E-state index in [4.69, 9.17) is 9.15 Å². The van der Waals surface area contributed by atoms with Crippen molar-refractivity contribution in [1.29, 1.82) is 0 Å². The number of amides is 1. The average Bonchev–Trinajstić information content (AvgIpc) is 3.30. The van der Waals surface area contributed by atoms with E-state index >= 15 is 0 Å². The molecule has 4 nitrogen and oxygen atoms in total. The van der Waals surface area contributed by atoms with Gasteiger partial charge in [-0.1, -0.05) is 71.0 Å². The largest absolute Gasteiger partial charge is 0.485 e. The molecule has 3 rings (SSSR count). The zero-order valence-corrected chi connectivity index (χ0v) is 20.8. The first-order valence-corrected chi connectivity index (χ1v) is 12.0. The van der Waals surface area contributed by atoms with Crippen LogP contribution in [0.1, 0.15) is 104 Å². The van der Waals surface area contributed by atoms with E-state index in [1.54, 1.807) is 6.07 Å². The van der Waals surface area contributed by atoms with Crippen LogP contribution in [-0.4, -0.2) is 5.91 Å². The lowest BCUT2D eigenvalue weighted by Crippen LogP contribution is -2.27. The Hall–Kier alpha value is -3.01. The van der Waals surface area contributed by atoms with Gasteiger partial charge in [0.25, 0.3) is 5.91 Å². The van der Waals surface area contributed by atoms with Crippen molar-refractivity contribution in [2.75, 3.05) is 0 Å². The van der Waals surface area contributed by atoms with Crippen molar-refractivity contribution in [1.82, 2.24) is 5.32 Å². The molecular formula is C29H37NO3. The summed E-state index contributed by atoms with van der Waals surface area (Å²) in [5.74, 6) is 2.48. The topological polar surface area (TPSA) is 51.5 Å². The fourth-order valence-corrected chi connectivity index (χ4v) is 3.91. The van der Waals surface area contributed by atoms with Crippen LogP contribution in [0.25, 0.3) is 0 Å². The summed E-state index contributed by atoms with van der Waals surface area (Å²) < 4.78 is 11.9. The van der Waals surface area contributed by atoms with E-state index < -0.39 is 0 Å². The van der Waals surface area contributed by atoms with Gasteiger partial charge in [-0.3, -0.25) is 4.79 Å². The SMILES string of the molecule is CCC(C)c1ccc(C(CC)NC(=O)c2ccc(COc3cc(C)ccc3C(C)C)o2)cc1. The van der Waals surface area contributed by atoms with E-state index in [2.05, 4.69) is 76.3 Å². The van der Waals surface area contributed by atoms with Gasteiger partial charge in [-0.15, -0.1) is 0 Å². The molecule has 0 aliphatic rings. The van der Waals surface area contributed by atoms with Crippen molar-refractivity contribution < 1.29 is 13.9 Å². The van der Waals surface area contributed by atoms with E-state index in [9.17, 15) is 4.79 Å². The molecule has 0 aliphatic carbocycles. The van der Waals surface area contributed by atoms with Crippen molar-refractivity contribution in [3.63, 3.8) is 0 Å². The van der Waals surface area contributed by atoms with E-state index in [0.29, 0.717) is 23.4 Å². The summed E-state index contributed by atoms with van der Waals surface area (Å²) >= 11 is 0. The van der Waals surface area contributed by atoms with E-state index in [1.807, 2.05) is 19.1 Å². The Kier molecular flexibility index (Phi) is 8.37. The Labute approximate surface area is 198 Å². The molecule has 0 bridgehead atoms. The van der Waals surface area contributed by atoms with Crippen LogP contribution in [0.15, 0.2) is 59.0 Å². The van der Waals surface area contributed by atoms with Gasteiger partial charge in [-0.2, -0.15) is 0 Å². The highest BCUT2D eigenvalue weighted by molar-refractivity contribution is 5.91. The predicted molar refractivity (Wildman–Crippen MR) is 134 cm³/mol. The van der Waals surface area contributed by atoms with E-state index in [1.165, 1.54) is 5.56 Å². The summed E-state index contributed by atoms with van der Waals surface area (Å²) in [6, 6.07) is 18.3. The summed E-state index contributed by atoms with van der Waals surface area (Å²) in [5.41, 5.74) is 4.74. The first-order valence-electron chi connectivity index (χ1n) is 12.0. The number of furan rings is 1. The molecule has 0 saturated heterocycles. The maximum atomic E-state index is 12.8. The third-order valence-electron chi connectivity index (χ3n) is 6.28. The summed E-state index contributed by atoms with van der Waals surface area (Å²) in [7, 11) is 0. The van der Waals surface area contributed by atoms with Crippen molar-refractivity contribution in [2.45, 2.75) is 78.9 Å². The van der Waals surface area contributed by atoms with Crippen molar-refractivity contribution in [2.24, 2.45) is 0 Å². The summed E-state index contributed by atoms with van der Waals surface area (Å²) in [6.07, 6.45) is 1.91. The number of aryl methyl sites for hydroxylation is 1. The molecule has 2 aromatic carbocycles. The standard InChI is InChI=1S/C29H37NO3/c1-7-21(6)22-10-12-23(13-11-22)26(8-2)30-29(31)27-16-14-24(33-27)18-32-28-17-20(5)9-15-25(28)19(3)4/h9-17,19,21,26H,7-8,18H2,1-6H3,(H,30,31). The van der Waals surface area contributed by atoms with Crippen LogP contribution in [0.3, 0.4) is 0 Å². The number of hydrogen-bond acceptors (Lipinski definition) is 3. The molecule has 0 aliphatic heterocycles. The molecule has 0 fully saturated rings. The highest BCUT2D eigenvalue weighted by Gasteiger charge is 2.18. The zero-order chi connectivity index (χ0) is 24.0. The van der Waals surface area contributed by atoms with E-state index in [-0.39, 0.29) is 18.6 Å². The number of carbonyl (C=O) groups is 1. The minimum absolute atomic E-state index is 0.0609. The average molecular weight is 448 g/mol. The highest BCUT2D eigenvalue weighted by atomic mass is 16.5. The molecule has 1 N–H and O–H groups in total. The molecule has 0 spiro atoms. The second-order valence-electron chi connectivity index (χ2n) is 9.16. The Morgan fingerprint density at radius 1 is 0.939 bits per heavy atom. The minimum atomic E-state index is -0.211. The Balaban J connectivity index is 1.64. The molecular weight excluding hydrogens is 410 g/mol. The lowest BCUT2D eigenvalue weighted by molar-refractivity contribution is 0.0903. The fraction of sp³-hybridized carbons (Fsp3) is 0.414. The molecule has 4 heteroatoms. The number of rotatable bonds is 10. The molecule has 1 aromatic heterocycles. The molecule has 0 saturated carbocycles. The second kappa shape index (κ2) is 11.2. The molecule has 33 heavy (non-hydrogen) atoms. The lowest BCUT2D eigenvalue weighted by atomic mass is 9.95. The third kappa shape index (κ3) is 6.28. The second-order valence-corrected chi connectivity index (χ2v) is 9.16. The van der Waals surface area contributed by atoms with Gasteiger partial charge in [-0.25, -0.2) is 0 Å². The molecule has 0 radical (unpaired) electrons. The molecule has 1 heterocycles. The van der Waals surface area contributed by atoms with Gasteiger partial charge >= 0.3 is 0 Å². The highest BCUT2D eigenvalue weighted by Crippen LogP contribution is 2.28. The van der Waals surface area contributed by atoms with Crippen LogP contribution in [0.2, 0.25) is 0 Å². The zero-order valence-electron chi connectivity index (χ0n) is 20.8. The van der Waals surface area contributed by atoms with Gasteiger partial charge in [0.15, 0.2) is 5.76 Å². The number of nitrogens with one attached hydrogen (secondary N) is 1. The summed E-state index contributed by atoms with van der Waals surface area (Å²) in [6.45, 7) is 13.1. The smallest absolute Gasteiger partial charge is 0.287 e. The Bertz CT molecular complexity index is 1050. The van der Waals surface area contributed by atoms with Crippen LogP contribution >= 0.6 is 0 Å². The number of hydrogen-bond donors (Lipinski definition) is 1. The van der Waals surface area contributed by atoms with Gasteiger partial charge in [0.05, 0.1) is 6.04 Å². The molecule has 2 unspecified atom stereocenters. The van der Waals surface area contributed by atoms with Crippen molar-refractivity contribution in [3.8, 4) is 5.75 Å².